The molecule has 0 aliphatic rings. The first-order valence-electron chi connectivity index (χ1n) is 20.8. The van der Waals surface area contributed by atoms with E-state index in [0.717, 1.165) is 36.0 Å². The number of ketones is 1. The minimum absolute atomic E-state index is 0.0360. The molecule has 6 nitrogen and oxygen atoms in total. The van der Waals surface area contributed by atoms with Crippen LogP contribution < -0.4 is 0 Å². The molecule has 0 fully saturated rings. The molecule has 2 atom stereocenters. The molecule has 0 N–H and O–H groups in total. The van der Waals surface area contributed by atoms with Crippen LogP contribution in [0.3, 0.4) is 0 Å². The van der Waals surface area contributed by atoms with Crippen molar-refractivity contribution >= 4 is 5.78 Å². The molecule has 0 amide bonds. The summed E-state index contributed by atoms with van der Waals surface area (Å²) in [6, 6.07) is 31.1. The second-order valence-electron chi connectivity index (χ2n) is 14.3. The Morgan fingerprint density at radius 3 is 1.45 bits per heavy atom. The van der Waals surface area contributed by atoms with Crippen LogP contribution in [-0.2, 0) is 34.1 Å². The number of hydrogen-bond donors (Lipinski definition) is 0. The van der Waals surface area contributed by atoms with E-state index >= 15 is 0 Å². The van der Waals surface area contributed by atoms with Gasteiger partial charge in [0.2, 0.25) is 0 Å². The summed E-state index contributed by atoms with van der Waals surface area (Å²) in [5.41, 5.74) is 2.44. The van der Waals surface area contributed by atoms with Gasteiger partial charge < -0.3 is 23.7 Å². The molecule has 0 aliphatic carbocycles. The number of carbonyl (C=O) groups is 1. The monoisotopic (exact) mass is 731 g/mol. The molecular weight excluding hydrogens is 661 g/mol. The van der Waals surface area contributed by atoms with E-state index in [1.165, 1.54) is 83.5 Å². The molecule has 0 heterocycles. The van der Waals surface area contributed by atoms with Crippen LogP contribution in [0.25, 0.3) is 0 Å². The van der Waals surface area contributed by atoms with Crippen LogP contribution >= 0.6 is 0 Å². The Balaban J connectivity index is 1.34. The van der Waals surface area contributed by atoms with Gasteiger partial charge >= 0.3 is 0 Å². The number of Topliss-reactive ketones (excluding diaryl/α,β-unsaturated/α-hetero) is 1. The van der Waals surface area contributed by atoms with E-state index in [9.17, 15) is 4.79 Å². The first kappa shape index (κ1) is 44.5. The second kappa shape index (κ2) is 28.6. The Labute approximate surface area is 322 Å². The van der Waals surface area contributed by atoms with Crippen molar-refractivity contribution in [3.05, 3.63) is 108 Å². The molecule has 53 heavy (non-hydrogen) atoms. The van der Waals surface area contributed by atoms with Gasteiger partial charge in [-0.1, -0.05) is 195 Å². The van der Waals surface area contributed by atoms with Crippen LogP contribution in [0.4, 0.5) is 0 Å². The number of carbonyl (C=O) groups excluding carboxylic acids is 1. The van der Waals surface area contributed by atoms with Crippen LogP contribution in [0, 0.1) is 0 Å². The van der Waals surface area contributed by atoms with Crippen molar-refractivity contribution < 1.29 is 28.5 Å². The van der Waals surface area contributed by atoms with E-state index in [1.54, 1.807) is 6.92 Å². The zero-order valence-corrected chi connectivity index (χ0v) is 33.3. The van der Waals surface area contributed by atoms with Crippen molar-refractivity contribution in [1.29, 1.82) is 0 Å². The molecule has 0 radical (unpaired) electrons. The quantitative estimate of drug-likeness (QED) is 0.0353. The Kier molecular flexibility index (Phi) is 24.0. The van der Waals surface area contributed by atoms with Gasteiger partial charge in [-0.05, 0) is 36.5 Å². The fraction of sp³-hybridized carbons (Fsp3) is 0.596. The summed E-state index contributed by atoms with van der Waals surface area (Å²) in [7, 11) is 0. The highest BCUT2D eigenvalue weighted by Gasteiger charge is 2.37. The predicted molar refractivity (Wildman–Crippen MR) is 217 cm³/mol. The zero-order valence-electron chi connectivity index (χ0n) is 33.3. The molecule has 0 spiro atoms. The van der Waals surface area contributed by atoms with Crippen molar-refractivity contribution in [3.8, 4) is 0 Å². The summed E-state index contributed by atoms with van der Waals surface area (Å²) in [4.78, 5) is 11.7. The van der Waals surface area contributed by atoms with Gasteiger partial charge in [0.25, 0.3) is 0 Å². The molecular formula is C47H70O6. The van der Waals surface area contributed by atoms with Crippen molar-refractivity contribution in [2.24, 2.45) is 0 Å². The highest BCUT2D eigenvalue weighted by Crippen LogP contribution is 2.40. The molecule has 3 aromatic rings. The van der Waals surface area contributed by atoms with Crippen molar-refractivity contribution in [3.63, 3.8) is 0 Å². The van der Waals surface area contributed by atoms with E-state index in [-0.39, 0.29) is 24.8 Å². The lowest BCUT2D eigenvalue weighted by atomic mass is 9.80. The third kappa shape index (κ3) is 17.9. The molecule has 0 bridgehead atoms. The van der Waals surface area contributed by atoms with Gasteiger partial charge in [0.1, 0.15) is 12.2 Å². The number of rotatable bonds is 33. The molecule has 0 saturated heterocycles. The van der Waals surface area contributed by atoms with Crippen LogP contribution in [0.2, 0.25) is 0 Å². The summed E-state index contributed by atoms with van der Waals surface area (Å²) in [5, 5.41) is 0. The van der Waals surface area contributed by atoms with E-state index in [1.807, 2.05) is 18.2 Å². The van der Waals surface area contributed by atoms with Gasteiger partial charge in [-0.2, -0.15) is 0 Å². The lowest BCUT2D eigenvalue weighted by molar-refractivity contribution is -0.172. The Morgan fingerprint density at radius 1 is 0.547 bits per heavy atom. The first-order valence-corrected chi connectivity index (χ1v) is 20.8. The summed E-state index contributed by atoms with van der Waals surface area (Å²) < 4.78 is 30.9. The summed E-state index contributed by atoms with van der Waals surface area (Å²) >= 11 is 0. The minimum atomic E-state index is -0.765. The largest absolute Gasteiger partial charge is 0.377 e. The van der Waals surface area contributed by atoms with Crippen LogP contribution in [-0.4, -0.2) is 57.8 Å². The van der Waals surface area contributed by atoms with Crippen molar-refractivity contribution in [2.45, 2.75) is 141 Å². The van der Waals surface area contributed by atoms with Crippen LogP contribution in [0.5, 0.6) is 0 Å². The van der Waals surface area contributed by atoms with Gasteiger partial charge in [-0.3, -0.25) is 4.79 Å². The fourth-order valence-corrected chi connectivity index (χ4v) is 6.88. The first-order chi connectivity index (χ1) is 26.1. The maximum absolute atomic E-state index is 11.7. The van der Waals surface area contributed by atoms with Gasteiger partial charge in [0.15, 0.2) is 12.1 Å². The molecule has 3 rings (SSSR count). The van der Waals surface area contributed by atoms with Crippen LogP contribution in [0.1, 0.15) is 140 Å². The summed E-state index contributed by atoms with van der Waals surface area (Å²) in [5.74, 6) is 0.0360. The maximum atomic E-state index is 11.7. The maximum Gasteiger partial charge on any atom is 0.157 e. The molecule has 0 aliphatic heterocycles. The van der Waals surface area contributed by atoms with E-state index in [2.05, 4.69) is 86.6 Å². The van der Waals surface area contributed by atoms with Gasteiger partial charge in [0.05, 0.1) is 39.1 Å². The molecule has 294 valence electrons. The highest BCUT2D eigenvalue weighted by molar-refractivity contribution is 5.76. The number of ether oxygens (including phenoxy) is 5. The number of benzene rings is 3. The lowest BCUT2D eigenvalue weighted by Gasteiger charge is -2.36. The molecule has 0 aromatic heterocycles. The average Bonchev–Trinajstić information content (AvgIpc) is 3.19. The molecule has 2 unspecified atom stereocenters. The molecule has 6 heteroatoms. The Morgan fingerprint density at radius 2 is 1.00 bits per heavy atom. The number of hydrogen-bond acceptors (Lipinski definition) is 6. The summed E-state index contributed by atoms with van der Waals surface area (Å²) in [6.45, 7) is 8.11. The van der Waals surface area contributed by atoms with Crippen LogP contribution in [0.15, 0.2) is 91.0 Å². The minimum Gasteiger partial charge on any atom is -0.377 e. The third-order valence-electron chi connectivity index (χ3n) is 9.82. The zero-order chi connectivity index (χ0) is 37.7. The summed E-state index contributed by atoms with van der Waals surface area (Å²) in [6.07, 6.45) is 19.8. The average molecular weight is 731 g/mol. The topological polar surface area (TPSA) is 63.2 Å². The Bertz CT molecular complexity index is 1190. The number of unbranched alkanes of at least 4 members (excludes halogenated alkanes) is 13. The molecule has 3 aromatic carbocycles. The highest BCUT2D eigenvalue weighted by atomic mass is 16.7. The predicted octanol–water partition coefficient (Wildman–Crippen LogP) is 11.6. The van der Waals surface area contributed by atoms with Gasteiger partial charge in [-0.15, -0.1) is 0 Å². The molecule has 0 saturated carbocycles. The third-order valence-corrected chi connectivity index (χ3v) is 9.82. The second-order valence-corrected chi connectivity index (χ2v) is 14.3. The van der Waals surface area contributed by atoms with E-state index in [0.29, 0.717) is 33.0 Å². The van der Waals surface area contributed by atoms with Gasteiger partial charge in [0, 0.05) is 0 Å². The van der Waals surface area contributed by atoms with Gasteiger partial charge in [-0.25, -0.2) is 0 Å². The SMILES string of the molecule is CCCCCCCCCCCCCCCCC(COC(CC)OCCOCCOC(c1ccccc1)(c1ccccc1)c1ccccc1)OCC(C)=O. The normalized spacial score (nSPS) is 12.9. The van der Waals surface area contributed by atoms with Crippen molar-refractivity contribution in [1.82, 2.24) is 0 Å². The lowest BCUT2D eigenvalue weighted by Crippen LogP contribution is -2.34. The fourth-order valence-electron chi connectivity index (χ4n) is 6.88. The Hall–Kier alpha value is -2.87. The standard InChI is InChI=1S/C47H70O6/c1-4-6-7-8-9-10-11-12-13-14-15-16-17-27-34-45(51-39-41(3)48)40-52-46(5-2)50-37-35-49-36-38-53-47(42-28-21-18-22-29-42,43-30-23-19-24-31-43)44-32-25-20-26-33-44/h18-26,28-33,45-46H,4-17,27,34-40H2,1-3H3. The van der Waals surface area contributed by atoms with E-state index in [4.69, 9.17) is 23.7 Å². The van der Waals surface area contributed by atoms with E-state index < -0.39 is 5.60 Å². The smallest absolute Gasteiger partial charge is 0.157 e. The van der Waals surface area contributed by atoms with Crippen molar-refractivity contribution in [2.75, 3.05) is 39.6 Å².